The molecule has 160 valence electrons. The van der Waals surface area contributed by atoms with Gasteiger partial charge in [0.15, 0.2) is 0 Å². The van der Waals surface area contributed by atoms with E-state index in [1.54, 1.807) is 11.0 Å². The van der Waals surface area contributed by atoms with Crippen LogP contribution in [0.1, 0.15) is 40.7 Å². The number of benzene rings is 2. The Morgan fingerprint density at radius 1 is 0.933 bits per heavy atom. The molecule has 30 heavy (non-hydrogen) atoms. The summed E-state index contributed by atoms with van der Waals surface area (Å²) in [5.41, 5.74) is 6.08. The first kappa shape index (κ1) is 21.1. The van der Waals surface area contributed by atoms with Crippen molar-refractivity contribution >= 4 is 15.9 Å². The van der Waals surface area contributed by atoms with Crippen molar-refractivity contribution in [1.82, 2.24) is 9.21 Å². The lowest BCUT2D eigenvalue weighted by Gasteiger charge is -2.34. The van der Waals surface area contributed by atoms with Gasteiger partial charge in [0.2, 0.25) is 15.9 Å². The molecule has 0 aromatic heterocycles. The number of carbonyl (C=O) groups excluding carboxylic acids is 1. The fourth-order valence-corrected chi connectivity index (χ4v) is 6.03. The molecule has 6 heteroatoms. The molecule has 0 atom stereocenters. The normalized spacial score (nSPS) is 17.2. The van der Waals surface area contributed by atoms with Gasteiger partial charge in [0.05, 0.1) is 4.90 Å². The number of hydrogen-bond donors (Lipinski definition) is 0. The first-order chi connectivity index (χ1) is 14.3. The van der Waals surface area contributed by atoms with Crippen molar-refractivity contribution in [3.8, 4) is 0 Å². The Hall–Kier alpha value is -2.18. The maximum absolute atomic E-state index is 13.1. The Kier molecular flexibility index (Phi) is 5.98. The fraction of sp³-hybridized carbons (Fsp3) is 0.458. The minimum absolute atomic E-state index is 0.101. The Labute approximate surface area is 179 Å². The summed E-state index contributed by atoms with van der Waals surface area (Å²) in [7, 11) is -3.50. The second-order valence-electron chi connectivity index (χ2n) is 8.50. The van der Waals surface area contributed by atoms with Crippen molar-refractivity contribution in [3.05, 3.63) is 64.2 Å². The summed E-state index contributed by atoms with van der Waals surface area (Å²) in [6, 6.07) is 11.9. The molecule has 0 bridgehead atoms. The molecule has 1 aliphatic heterocycles. The van der Waals surface area contributed by atoms with E-state index < -0.39 is 10.0 Å². The first-order valence-electron chi connectivity index (χ1n) is 10.8. The van der Waals surface area contributed by atoms with E-state index >= 15 is 0 Å². The number of aryl methyl sites for hydroxylation is 5. The van der Waals surface area contributed by atoms with Crippen LogP contribution in [0.2, 0.25) is 0 Å². The van der Waals surface area contributed by atoms with Crippen LogP contribution in [0.3, 0.4) is 0 Å². The van der Waals surface area contributed by atoms with Gasteiger partial charge < -0.3 is 4.90 Å². The highest BCUT2D eigenvalue weighted by Gasteiger charge is 2.30. The lowest BCUT2D eigenvalue weighted by atomic mass is 10.0. The molecule has 2 aromatic rings. The third-order valence-corrected chi connectivity index (χ3v) is 8.30. The number of nitrogens with zero attached hydrogens (tertiary/aromatic N) is 2. The van der Waals surface area contributed by atoms with Crippen molar-refractivity contribution in [2.45, 2.75) is 50.8 Å². The molecular formula is C24H30N2O3S. The number of sulfonamides is 1. The van der Waals surface area contributed by atoms with Gasteiger partial charge in [-0.05, 0) is 73.9 Å². The minimum Gasteiger partial charge on any atom is -0.340 e. The summed E-state index contributed by atoms with van der Waals surface area (Å²) in [6.07, 6.45) is 4.28. The summed E-state index contributed by atoms with van der Waals surface area (Å²) >= 11 is 0. The van der Waals surface area contributed by atoms with E-state index in [0.717, 1.165) is 31.2 Å². The molecule has 0 spiro atoms. The first-order valence-corrected chi connectivity index (χ1v) is 12.2. The van der Waals surface area contributed by atoms with Gasteiger partial charge in [-0.3, -0.25) is 4.79 Å². The van der Waals surface area contributed by atoms with Crippen LogP contribution in [0.4, 0.5) is 0 Å². The maximum Gasteiger partial charge on any atom is 0.243 e. The topological polar surface area (TPSA) is 57.7 Å². The Morgan fingerprint density at radius 2 is 1.67 bits per heavy atom. The van der Waals surface area contributed by atoms with Gasteiger partial charge in [-0.15, -0.1) is 0 Å². The van der Waals surface area contributed by atoms with Crippen LogP contribution < -0.4 is 0 Å². The second-order valence-corrected chi connectivity index (χ2v) is 10.4. The van der Waals surface area contributed by atoms with Gasteiger partial charge in [0.25, 0.3) is 0 Å². The highest BCUT2D eigenvalue weighted by Crippen LogP contribution is 2.27. The zero-order valence-electron chi connectivity index (χ0n) is 17.9. The monoisotopic (exact) mass is 426 g/mol. The molecule has 1 fully saturated rings. The van der Waals surface area contributed by atoms with Crippen LogP contribution >= 0.6 is 0 Å². The van der Waals surface area contributed by atoms with Gasteiger partial charge in [-0.2, -0.15) is 4.31 Å². The fourth-order valence-electron chi connectivity index (χ4n) is 4.56. The van der Waals surface area contributed by atoms with Gasteiger partial charge >= 0.3 is 0 Å². The molecule has 4 rings (SSSR count). The molecular weight excluding hydrogens is 396 g/mol. The van der Waals surface area contributed by atoms with Gasteiger partial charge in [0.1, 0.15) is 0 Å². The third-order valence-electron chi connectivity index (χ3n) is 6.41. The van der Waals surface area contributed by atoms with E-state index in [9.17, 15) is 13.2 Å². The van der Waals surface area contributed by atoms with Gasteiger partial charge in [-0.1, -0.05) is 29.8 Å². The molecule has 1 aliphatic carbocycles. The third kappa shape index (κ3) is 4.30. The predicted molar refractivity (Wildman–Crippen MR) is 118 cm³/mol. The molecule has 0 radical (unpaired) electrons. The summed E-state index contributed by atoms with van der Waals surface area (Å²) in [5.74, 6) is 0.101. The standard InChI is InChI=1S/C24H30N2O3S/c1-18-6-7-20(19(2)16-18)9-11-24(27)25-12-14-26(15-13-25)30(28,29)23-10-8-21-4-3-5-22(21)17-23/h6-8,10,16-17H,3-5,9,11-15H2,1-2H3. The van der Waals surface area contributed by atoms with E-state index in [0.29, 0.717) is 37.5 Å². The number of hydrogen-bond acceptors (Lipinski definition) is 3. The molecule has 1 saturated heterocycles. The lowest BCUT2D eigenvalue weighted by Crippen LogP contribution is -2.50. The average Bonchev–Trinajstić information content (AvgIpc) is 3.21. The Bertz CT molecular complexity index is 1050. The number of piperazine rings is 1. The van der Waals surface area contributed by atoms with Crippen molar-refractivity contribution in [3.63, 3.8) is 0 Å². The predicted octanol–water partition coefficient (Wildman–Crippen LogP) is 3.26. The van der Waals surface area contributed by atoms with Gasteiger partial charge in [-0.25, -0.2) is 8.42 Å². The van der Waals surface area contributed by atoms with E-state index in [1.807, 2.05) is 12.1 Å². The highest BCUT2D eigenvalue weighted by atomic mass is 32.2. The number of amides is 1. The van der Waals surface area contributed by atoms with Crippen LogP contribution in [-0.2, 0) is 34.1 Å². The van der Waals surface area contributed by atoms with Crippen LogP contribution in [0, 0.1) is 13.8 Å². The summed E-state index contributed by atoms with van der Waals surface area (Å²) in [6.45, 7) is 5.77. The Morgan fingerprint density at radius 3 is 2.40 bits per heavy atom. The van der Waals surface area contributed by atoms with Crippen LogP contribution in [0.5, 0.6) is 0 Å². The highest BCUT2D eigenvalue weighted by molar-refractivity contribution is 7.89. The van der Waals surface area contributed by atoms with Gasteiger partial charge in [0, 0.05) is 32.6 Å². The molecule has 1 heterocycles. The van der Waals surface area contributed by atoms with Crippen LogP contribution in [0.25, 0.3) is 0 Å². The smallest absolute Gasteiger partial charge is 0.243 e. The molecule has 1 amide bonds. The summed E-state index contributed by atoms with van der Waals surface area (Å²) in [5, 5.41) is 0. The molecule has 2 aliphatic rings. The zero-order chi connectivity index (χ0) is 21.3. The number of carbonyl (C=O) groups is 1. The quantitative estimate of drug-likeness (QED) is 0.737. The number of fused-ring (bicyclic) bond motifs is 1. The van der Waals surface area contributed by atoms with Crippen LogP contribution in [-0.4, -0.2) is 49.7 Å². The van der Waals surface area contributed by atoms with E-state index in [4.69, 9.17) is 0 Å². The average molecular weight is 427 g/mol. The molecule has 2 aromatic carbocycles. The zero-order valence-corrected chi connectivity index (χ0v) is 18.7. The van der Waals surface area contributed by atoms with Crippen molar-refractivity contribution in [2.24, 2.45) is 0 Å². The van der Waals surface area contributed by atoms with E-state index in [1.165, 1.54) is 26.6 Å². The minimum atomic E-state index is -3.50. The summed E-state index contributed by atoms with van der Waals surface area (Å²) in [4.78, 5) is 14.9. The van der Waals surface area contributed by atoms with Crippen LogP contribution in [0.15, 0.2) is 41.3 Å². The molecule has 0 saturated carbocycles. The lowest BCUT2D eigenvalue weighted by molar-refractivity contribution is -0.132. The molecule has 0 unspecified atom stereocenters. The summed E-state index contributed by atoms with van der Waals surface area (Å²) < 4.78 is 27.6. The largest absolute Gasteiger partial charge is 0.340 e. The Balaban J connectivity index is 1.34. The maximum atomic E-state index is 13.1. The second kappa shape index (κ2) is 8.52. The van der Waals surface area contributed by atoms with E-state index in [-0.39, 0.29) is 5.91 Å². The molecule has 5 nitrogen and oxygen atoms in total. The molecule has 0 N–H and O–H groups in total. The van der Waals surface area contributed by atoms with Crippen molar-refractivity contribution in [1.29, 1.82) is 0 Å². The van der Waals surface area contributed by atoms with Crippen molar-refractivity contribution < 1.29 is 13.2 Å². The SMILES string of the molecule is Cc1ccc(CCC(=O)N2CCN(S(=O)(=O)c3ccc4c(c3)CCC4)CC2)c(C)c1. The number of rotatable bonds is 5. The van der Waals surface area contributed by atoms with E-state index in [2.05, 4.69) is 32.0 Å². The van der Waals surface area contributed by atoms with Crippen molar-refractivity contribution in [2.75, 3.05) is 26.2 Å².